The Hall–Kier alpha value is -3.71. The predicted molar refractivity (Wildman–Crippen MR) is 103 cm³/mol. The van der Waals surface area contributed by atoms with Gasteiger partial charge in [0.25, 0.3) is 0 Å². The van der Waals surface area contributed by atoms with Crippen molar-refractivity contribution >= 4 is 34.5 Å². The molecule has 6 N–H and O–H groups in total. The number of benzene rings is 3. The molecule has 0 amide bonds. The molecule has 8 heteroatoms. The highest BCUT2D eigenvalue weighted by atomic mass is 35.5. The number of anilines is 2. The maximum absolute atomic E-state index is 13.1. The van der Waals surface area contributed by atoms with Crippen molar-refractivity contribution in [2.24, 2.45) is 0 Å². The first-order chi connectivity index (χ1) is 13.3. The number of carbonyl (C=O) groups excluding carboxylic acids is 2. The third-order valence-corrected chi connectivity index (χ3v) is 4.85. The van der Waals surface area contributed by atoms with Gasteiger partial charge in [-0.3, -0.25) is 9.59 Å². The number of hydrogen-bond donors (Lipinski definition) is 4. The first-order valence-corrected chi connectivity index (χ1v) is 8.48. The molecule has 0 saturated carbocycles. The summed E-state index contributed by atoms with van der Waals surface area (Å²) in [7, 11) is 0. The molecule has 0 bridgehead atoms. The van der Waals surface area contributed by atoms with Crippen molar-refractivity contribution in [1.29, 1.82) is 0 Å². The van der Waals surface area contributed by atoms with Crippen LogP contribution in [0.1, 0.15) is 31.8 Å². The average molecular weight is 397 g/mol. The van der Waals surface area contributed by atoms with Crippen LogP contribution in [0.4, 0.5) is 11.4 Å². The number of ether oxygens (including phenoxy) is 1. The number of rotatable bonds is 2. The number of ketones is 2. The zero-order chi connectivity index (χ0) is 20.2. The van der Waals surface area contributed by atoms with Crippen molar-refractivity contribution in [3.63, 3.8) is 0 Å². The number of carbonyl (C=O) groups is 2. The van der Waals surface area contributed by atoms with Gasteiger partial charge >= 0.3 is 0 Å². The number of nitrogen functional groups attached to an aromatic ring is 2. The van der Waals surface area contributed by atoms with Crippen LogP contribution in [0.5, 0.6) is 23.0 Å². The fourth-order valence-electron chi connectivity index (χ4n) is 3.20. The topological polar surface area (TPSA) is 136 Å². The molecule has 1 aliphatic rings. The molecule has 7 nitrogen and oxygen atoms in total. The number of phenolic OH excluding ortho intramolecular Hbond substituents is 2. The van der Waals surface area contributed by atoms with Gasteiger partial charge < -0.3 is 26.4 Å². The van der Waals surface area contributed by atoms with Gasteiger partial charge in [0.2, 0.25) is 11.6 Å². The summed E-state index contributed by atoms with van der Waals surface area (Å²) in [6.07, 6.45) is 0. The van der Waals surface area contributed by atoms with Gasteiger partial charge in [-0.2, -0.15) is 0 Å². The van der Waals surface area contributed by atoms with E-state index in [1.54, 1.807) is 30.3 Å². The van der Waals surface area contributed by atoms with E-state index in [4.69, 9.17) is 27.8 Å². The summed E-state index contributed by atoms with van der Waals surface area (Å²) >= 11 is 6.20. The number of fused-ring (bicyclic) bond motifs is 2. The molecule has 0 spiro atoms. The van der Waals surface area contributed by atoms with Gasteiger partial charge in [-0.15, -0.1) is 0 Å². The molecule has 28 heavy (non-hydrogen) atoms. The average Bonchev–Trinajstić information content (AvgIpc) is 2.68. The largest absolute Gasteiger partial charge is 0.507 e. The van der Waals surface area contributed by atoms with Crippen LogP contribution >= 0.6 is 11.6 Å². The molecule has 140 valence electrons. The molecule has 0 fully saturated rings. The van der Waals surface area contributed by atoms with Crippen LogP contribution in [-0.2, 0) is 0 Å². The number of aromatic hydroxyl groups is 2. The minimum atomic E-state index is -0.768. The van der Waals surface area contributed by atoms with E-state index in [9.17, 15) is 19.8 Å². The van der Waals surface area contributed by atoms with Crippen LogP contribution in [0.2, 0.25) is 5.02 Å². The highest BCUT2D eigenvalue weighted by Gasteiger charge is 2.40. The Morgan fingerprint density at radius 1 is 0.821 bits per heavy atom. The fraction of sp³-hybridized carbons (Fsp3) is 0. The molecule has 0 aromatic heterocycles. The molecule has 1 aliphatic carbocycles. The highest BCUT2D eigenvalue weighted by Crippen LogP contribution is 2.50. The summed E-state index contributed by atoms with van der Waals surface area (Å²) in [6, 6.07) is 10.9. The van der Waals surface area contributed by atoms with Crippen molar-refractivity contribution in [3.8, 4) is 23.0 Å². The van der Waals surface area contributed by atoms with E-state index in [1.165, 1.54) is 12.1 Å². The molecular weight excluding hydrogens is 384 g/mol. The van der Waals surface area contributed by atoms with Crippen molar-refractivity contribution in [2.45, 2.75) is 0 Å². The molecule has 3 aromatic carbocycles. The second kappa shape index (κ2) is 6.17. The van der Waals surface area contributed by atoms with Gasteiger partial charge in [-0.25, -0.2) is 0 Å². The minimum absolute atomic E-state index is 0.0181. The normalized spacial score (nSPS) is 12.5. The second-order valence-corrected chi connectivity index (χ2v) is 6.53. The smallest absolute Gasteiger partial charge is 0.200 e. The monoisotopic (exact) mass is 396 g/mol. The van der Waals surface area contributed by atoms with E-state index < -0.39 is 23.1 Å². The summed E-state index contributed by atoms with van der Waals surface area (Å²) in [6.45, 7) is 0. The lowest BCUT2D eigenvalue weighted by molar-refractivity contribution is 0.0975. The van der Waals surface area contributed by atoms with Crippen LogP contribution in [0.15, 0.2) is 42.5 Å². The Labute approximate surface area is 163 Å². The second-order valence-electron chi connectivity index (χ2n) is 6.15. The molecule has 0 aliphatic heterocycles. The Balaban J connectivity index is 2.00. The van der Waals surface area contributed by atoms with E-state index >= 15 is 0 Å². The van der Waals surface area contributed by atoms with Gasteiger partial charge in [0.15, 0.2) is 5.75 Å². The molecule has 0 radical (unpaired) electrons. The molecule has 4 rings (SSSR count). The SMILES string of the molecule is Nc1ccc(O)c2c1C(=O)c1c(O)c(Cl)c(Oc3ccccc3)c(N)c1C2=O. The van der Waals surface area contributed by atoms with E-state index in [2.05, 4.69) is 0 Å². The van der Waals surface area contributed by atoms with Crippen LogP contribution in [0.25, 0.3) is 0 Å². The Morgan fingerprint density at radius 3 is 2.14 bits per heavy atom. The van der Waals surface area contributed by atoms with Crippen LogP contribution < -0.4 is 16.2 Å². The van der Waals surface area contributed by atoms with Crippen molar-refractivity contribution in [3.05, 3.63) is 69.7 Å². The number of halogens is 1. The number of hydrogen-bond acceptors (Lipinski definition) is 7. The third-order valence-electron chi connectivity index (χ3n) is 4.49. The molecule has 0 atom stereocenters. The van der Waals surface area contributed by atoms with Crippen molar-refractivity contribution in [1.82, 2.24) is 0 Å². The minimum Gasteiger partial charge on any atom is -0.507 e. The quantitative estimate of drug-likeness (QED) is 0.301. The van der Waals surface area contributed by atoms with Crippen molar-refractivity contribution in [2.75, 3.05) is 11.5 Å². The fourth-order valence-corrected chi connectivity index (χ4v) is 3.43. The number of para-hydroxylation sites is 1. The molecule has 0 saturated heterocycles. The van der Waals surface area contributed by atoms with Gasteiger partial charge in [-0.05, 0) is 24.3 Å². The van der Waals surface area contributed by atoms with Gasteiger partial charge in [0.05, 0.1) is 27.9 Å². The maximum Gasteiger partial charge on any atom is 0.200 e. The summed E-state index contributed by atoms with van der Waals surface area (Å²) in [5.74, 6) is -2.42. The lowest BCUT2D eigenvalue weighted by Crippen LogP contribution is -2.24. The van der Waals surface area contributed by atoms with Crippen LogP contribution in [0.3, 0.4) is 0 Å². The Kier molecular flexibility index (Phi) is 3.90. The van der Waals surface area contributed by atoms with E-state index in [1.807, 2.05) is 0 Å². The van der Waals surface area contributed by atoms with Crippen LogP contribution in [-0.4, -0.2) is 21.8 Å². The van der Waals surface area contributed by atoms with Crippen LogP contribution in [0, 0.1) is 0 Å². The summed E-state index contributed by atoms with van der Waals surface area (Å²) in [5.41, 5.74) is 10.5. The van der Waals surface area contributed by atoms with Gasteiger partial charge in [0, 0.05) is 5.69 Å². The van der Waals surface area contributed by atoms with Crippen molar-refractivity contribution < 1.29 is 24.5 Å². The summed E-state index contributed by atoms with van der Waals surface area (Å²) in [4.78, 5) is 26.0. The highest BCUT2D eigenvalue weighted by molar-refractivity contribution is 6.39. The standard InChI is InChI=1S/C20H13ClN2O5/c21-15-19(27)14-13(16(23)20(15)28-8-4-2-1-3-5-8)18(26)12-10(24)7-6-9(22)11(12)17(14)25/h1-7,24,27H,22-23H2. The zero-order valence-corrected chi connectivity index (χ0v) is 14.9. The predicted octanol–water partition coefficient (Wildman–Crippen LogP) is 3.48. The first kappa shape index (κ1) is 17.7. The molecular formula is C20H13ClN2O5. The summed E-state index contributed by atoms with van der Waals surface area (Å²) < 4.78 is 5.64. The lowest BCUT2D eigenvalue weighted by atomic mass is 9.81. The maximum atomic E-state index is 13.1. The molecule has 0 heterocycles. The van der Waals surface area contributed by atoms with E-state index in [0.717, 1.165) is 0 Å². The Morgan fingerprint density at radius 2 is 1.46 bits per heavy atom. The number of phenols is 2. The van der Waals surface area contributed by atoms with E-state index in [0.29, 0.717) is 5.75 Å². The van der Waals surface area contributed by atoms with Gasteiger partial charge in [-0.1, -0.05) is 29.8 Å². The molecule has 3 aromatic rings. The lowest BCUT2D eigenvalue weighted by Gasteiger charge is -2.24. The summed E-state index contributed by atoms with van der Waals surface area (Å²) in [5, 5.41) is 20.4. The zero-order valence-electron chi connectivity index (χ0n) is 14.2. The molecule has 0 unspecified atom stereocenters. The van der Waals surface area contributed by atoms with Gasteiger partial charge in [0.1, 0.15) is 22.3 Å². The third kappa shape index (κ3) is 2.37. The van der Waals surface area contributed by atoms with E-state index in [-0.39, 0.29) is 44.4 Å². The first-order valence-electron chi connectivity index (χ1n) is 8.10. The Bertz CT molecular complexity index is 1180. The number of nitrogens with two attached hydrogens (primary N) is 2.